The molecule has 1 N–H and O–H groups in total. The van der Waals surface area contributed by atoms with Crippen LogP contribution in [-0.2, 0) is 5.33 Å². The topological polar surface area (TPSA) is 29.1 Å². The molecule has 0 saturated carbocycles. The number of halogens is 2. The lowest BCUT2D eigenvalue weighted by Crippen LogP contribution is -2.12. The van der Waals surface area contributed by atoms with Crippen LogP contribution >= 0.6 is 38.5 Å². The molecular formula is C14H11BrINO. The lowest BCUT2D eigenvalue weighted by Gasteiger charge is -2.06. The zero-order valence-corrected chi connectivity index (χ0v) is 13.2. The molecule has 1 amide bonds. The minimum atomic E-state index is -0.0831. The van der Waals surface area contributed by atoms with E-state index in [1.807, 2.05) is 48.5 Å². The molecule has 92 valence electrons. The van der Waals surface area contributed by atoms with Crippen LogP contribution < -0.4 is 5.32 Å². The van der Waals surface area contributed by atoms with E-state index in [1.165, 1.54) is 0 Å². The van der Waals surface area contributed by atoms with Crippen LogP contribution in [0.3, 0.4) is 0 Å². The summed E-state index contributed by atoms with van der Waals surface area (Å²) in [6.45, 7) is 0. The van der Waals surface area contributed by atoms with Gasteiger partial charge in [0.2, 0.25) is 0 Å². The Balaban J connectivity index is 2.16. The third-order valence-corrected chi connectivity index (χ3v) is 3.74. The molecule has 2 aromatic carbocycles. The van der Waals surface area contributed by atoms with Crippen LogP contribution in [0.25, 0.3) is 0 Å². The van der Waals surface area contributed by atoms with Crippen LogP contribution in [0.15, 0.2) is 48.5 Å². The maximum absolute atomic E-state index is 12.0. The van der Waals surface area contributed by atoms with Crippen molar-refractivity contribution >= 4 is 50.1 Å². The normalized spacial score (nSPS) is 10.1. The van der Waals surface area contributed by atoms with E-state index in [-0.39, 0.29) is 5.91 Å². The summed E-state index contributed by atoms with van der Waals surface area (Å²) in [4.78, 5) is 12.0. The number of hydrogen-bond acceptors (Lipinski definition) is 1. The smallest absolute Gasteiger partial charge is 0.255 e. The second kappa shape index (κ2) is 6.33. The summed E-state index contributed by atoms with van der Waals surface area (Å²) in [5.41, 5.74) is 2.62. The van der Waals surface area contributed by atoms with Crippen LogP contribution in [0.1, 0.15) is 15.9 Å². The third-order valence-electron chi connectivity index (χ3n) is 2.43. The molecule has 0 saturated heterocycles. The predicted octanol–water partition coefficient (Wildman–Crippen LogP) is 4.44. The number of anilines is 1. The average Bonchev–Trinajstić information content (AvgIpc) is 2.39. The molecule has 0 atom stereocenters. The number of benzene rings is 2. The molecule has 0 radical (unpaired) electrons. The summed E-state index contributed by atoms with van der Waals surface area (Å²) >= 11 is 5.59. The first-order chi connectivity index (χ1) is 8.69. The van der Waals surface area contributed by atoms with Gasteiger partial charge < -0.3 is 5.32 Å². The molecular weight excluding hydrogens is 405 g/mol. The predicted molar refractivity (Wildman–Crippen MR) is 86.2 cm³/mol. The molecule has 18 heavy (non-hydrogen) atoms. The van der Waals surface area contributed by atoms with Crippen LogP contribution in [0, 0.1) is 3.57 Å². The number of carbonyl (C=O) groups excluding carboxylic acids is 1. The second-order valence-corrected chi connectivity index (χ2v) is 5.60. The van der Waals surface area contributed by atoms with Gasteiger partial charge in [0.15, 0.2) is 0 Å². The average molecular weight is 416 g/mol. The Morgan fingerprint density at radius 1 is 1.17 bits per heavy atom. The molecule has 0 aliphatic heterocycles. The number of amides is 1. The Kier molecular flexibility index (Phi) is 4.77. The van der Waals surface area contributed by atoms with E-state index in [0.717, 1.165) is 20.2 Å². The highest BCUT2D eigenvalue weighted by atomic mass is 127. The van der Waals surface area contributed by atoms with Crippen molar-refractivity contribution in [2.75, 3.05) is 5.32 Å². The molecule has 0 bridgehead atoms. The monoisotopic (exact) mass is 415 g/mol. The van der Waals surface area contributed by atoms with Gasteiger partial charge in [0.05, 0.1) is 0 Å². The van der Waals surface area contributed by atoms with Crippen LogP contribution in [-0.4, -0.2) is 5.91 Å². The largest absolute Gasteiger partial charge is 0.322 e. The first-order valence-electron chi connectivity index (χ1n) is 5.41. The quantitative estimate of drug-likeness (QED) is 0.582. The number of rotatable bonds is 3. The zero-order chi connectivity index (χ0) is 13.0. The Labute approximate surface area is 128 Å². The van der Waals surface area contributed by atoms with E-state index in [4.69, 9.17) is 0 Å². The van der Waals surface area contributed by atoms with Gasteiger partial charge in [-0.2, -0.15) is 0 Å². The molecule has 0 aliphatic carbocycles. The minimum absolute atomic E-state index is 0.0831. The van der Waals surface area contributed by atoms with Gasteiger partial charge in [0.1, 0.15) is 0 Å². The maximum atomic E-state index is 12.0. The summed E-state index contributed by atoms with van der Waals surface area (Å²) in [5, 5.41) is 3.67. The summed E-state index contributed by atoms with van der Waals surface area (Å²) in [5.74, 6) is -0.0831. The molecule has 0 aromatic heterocycles. The Morgan fingerprint density at radius 3 is 2.67 bits per heavy atom. The van der Waals surface area contributed by atoms with Crippen molar-refractivity contribution in [2.45, 2.75) is 5.33 Å². The van der Waals surface area contributed by atoms with Gasteiger partial charge in [-0.3, -0.25) is 4.79 Å². The SMILES string of the molecule is O=C(Nc1cccc(CBr)c1)c1cccc(I)c1. The maximum Gasteiger partial charge on any atom is 0.255 e. The number of alkyl halides is 1. The highest BCUT2D eigenvalue weighted by Crippen LogP contribution is 2.15. The number of carbonyl (C=O) groups is 1. The first-order valence-corrected chi connectivity index (χ1v) is 7.61. The molecule has 2 aromatic rings. The Hall–Kier alpha value is -0.880. The van der Waals surface area contributed by atoms with E-state index in [1.54, 1.807) is 0 Å². The van der Waals surface area contributed by atoms with Gasteiger partial charge in [-0.05, 0) is 58.5 Å². The molecule has 0 unspecified atom stereocenters. The molecule has 0 fully saturated rings. The van der Waals surface area contributed by atoms with Crippen molar-refractivity contribution in [2.24, 2.45) is 0 Å². The molecule has 2 nitrogen and oxygen atoms in total. The lowest BCUT2D eigenvalue weighted by atomic mass is 10.2. The highest BCUT2D eigenvalue weighted by molar-refractivity contribution is 14.1. The summed E-state index contributed by atoms with van der Waals surface area (Å²) in [6.07, 6.45) is 0. The zero-order valence-electron chi connectivity index (χ0n) is 9.49. The van der Waals surface area contributed by atoms with Gasteiger partial charge >= 0.3 is 0 Å². The van der Waals surface area contributed by atoms with E-state index in [2.05, 4.69) is 43.8 Å². The number of hydrogen-bond donors (Lipinski definition) is 1. The van der Waals surface area contributed by atoms with Crippen LogP contribution in [0.4, 0.5) is 5.69 Å². The van der Waals surface area contributed by atoms with Gasteiger partial charge in [0, 0.05) is 20.2 Å². The van der Waals surface area contributed by atoms with Gasteiger partial charge in [-0.1, -0.05) is 34.1 Å². The van der Waals surface area contributed by atoms with Gasteiger partial charge in [-0.15, -0.1) is 0 Å². The van der Waals surface area contributed by atoms with E-state index in [9.17, 15) is 4.79 Å². The minimum Gasteiger partial charge on any atom is -0.322 e. The van der Waals surface area contributed by atoms with Gasteiger partial charge in [0.25, 0.3) is 5.91 Å². The highest BCUT2D eigenvalue weighted by Gasteiger charge is 2.06. The standard InChI is InChI=1S/C14H11BrINO/c15-9-10-3-1-6-13(7-10)17-14(18)11-4-2-5-12(16)8-11/h1-8H,9H2,(H,17,18). The van der Waals surface area contributed by atoms with E-state index in [0.29, 0.717) is 5.56 Å². The molecule has 0 spiro atoms. The molecule has 2 rings (SSSR count). The fraction of sp³-hybridized carbons (Fsp3) is 0.0714. The molecule has 4 heteroatoms. The summed E-state index contributed by atoms with van der Waals surface area (Å²) < 4.78 is 1.05. The third kappa shape index (κ3) is 3.55. The Morgan fingerprint density at radius 2 is 1.94 bits per heavy atom. The van der Waals surface area contributed by atoms with Crippen molar-refractivity contribution < 1.29 is 4.79 Å². The van der Waals surface area contributed by atoms with E-state index < -0.39 is 0 Å². The Bertz CT molecular complexity index is 571. The first kappa shape index (κ1) is 13.5. The fourth-order valence-electron chi connectivity index (χ4n) is 1.57. The van der Waals surface area contributed by atoms with Crippen molar-refractivity contribution in [1.82, 2.24) is 0 Å². The van der Waals surface area contributed by atoms with Crippen molar-refractivity contribution in [3.05, 3.63) is 63.2 Å². The van der Waals surface area contributed by atoms with Crippen LogP contribution in [0.2, 0.25) is 0 Å². The van der Waals surface area contributed by atoms with E-state index >= 15 is 0 Å². The molecule has 0 aliphatic rings. The number of nitrogens with one attached hydrogen (secondary N) is 1. The summed E-state index contributed by atoms with van der Waals surface area (Å²) in [6, 6.07) is 15.3. The van der Waals surface area contributed by atoms with Crippen molar-refractivity contribution in [1.29, 1.82) is 0 Å². The van der Waals surface area contributed by atoms with Crippen molar-refractivity contribution in [3.8, 4) is 0 Å². The summed E-state index contributed by atoms with van der Waals surface area (Å²) in [7, 11) is 0. The van der Waals surface area contributed by atoms with Crippen molar-refractivity contribution in [3.63, 3.8) is 0 Å². The second-order valence-electron chi connectivity index (χ2n) is 3.80. The van der Waals surface area contributed by atoms with Crippen LogP contribution in [0.5, 0.6) is 0 Å². The van der Waals surface area contributed by atoms with Gasteiger partial charge in [-0.25, -0.2) is 0 Å². The molecule has 0 heterocycles. The fourth-order valence-corrected chi connectivity index (χ4v) is 2.46. The lowest BCUT2D eigenvalue weighted by molar-refractivity contribution is 0.102.